The van der Waals surface area contributed by atoms with Crippen molar-refractivity contribution in [2.24, 2.45) is 0 Å². The van der Waals surface area contributed by atoms with Gasteiger partial charge in [-0.25, -0.2) is 0 Å². The van der Waals surface area contributed by atoms with Crippen LogP contribution < -0.4 is 5.46 Å². The maximum atomic E-state index is 6.05. The summed E-state index contributed by atoms with van der Waals surface area (Å²) < 4.78 is 12.1. The zero-order valence-electron chi connectivity index (χ0n) is 12.1. The van der Waals surface area contributed by atoms with E-state index in [2.05, 4.69) is 52.0 Å². The number of thioether (sulfide) groups is 1. The van der Waals surface area contributed by atoms with Crippen LogP contribution in [0.4, 0.5) is 0 Å². The molecule has 2 fully saturated rings. The first kappa shape index (κ1) is 13.5. The maximum Gasteiger partial charge on any atom is 0.494 e. The van der Waals surface area contributed by atoms with Crippen molar-refractivity contribution in [3.8, 4) is 0 Å². The smallest absolute Gasteiger partial charge is 0.399 e. The first-order chi connectivity index (χ1) is 8.87. The van der Waals surface area contributed by atoms with Gasteiger partial charge in [-0.1, -0.05) is 12.1 Å². The second-order valence-electron chi connectivity index (χ2n) is 6.47. The average Bonchev–Trinajstić information content (AvgIpc) is 3.08. The van der Waals surface area contributed by atoms with Crippen molar-refractivity contribution >= 4 is 24.3 Å². The van der Waals surface area contributed by atoms with Gasteiger partial charge < -0.3 is 9.31 Å². The lowest BCUT2D eigenvalue weighted by molar-refractivity contribution is 0.00578. The topological polar surface area (TPSA) is 18.5 Å². The fourth-order valence-corrected chi connectivity index (χ4v) is 3.11. The summed E-state index contributed by atoms with van der Waals surface area (Å²) >= 11 is 1.98. The molecule has 1 aromatic rings. The van der Waals surface area contributed by atoms with Crippen LogP contribution in [0.5, 0.6) is 0 Å². The minimum Gasteiger partial charge on any atom is -0.399 e. The molecule has 0 radical (unpaired) electrons. The number of hydrogen-bond acceptors (Lipinski definition) is 3. The highest BCUT2D eigenvalue weighted by molar-refractivity contribution is 8.00. The largest absolute Gasteiger partial charge is 0.494 e. The highest BCUT2D eigenvalue weighted by atomic mass is 32.2. The molecule has 4 heteroatoms. The molecule has 2 nitrogen and oxygen atoms in total. The van der Waals surface area contributed by atoms with E-state index in [1.54, 1.807) is 0 Å². The lowest BCUT2D eigenvalue weighted by atomic mass is 9.79. The van der Waals surface area contributed by atoms with Crippen LogP contribution in [0.1, 0.15) is 40.5 Å². The van der Waals surface area contributed by atoms with Crippen molar-refractivity contribution < 1.29 is 9.31 Å². The molecule has 1 saturated carbocycles. The molecule has 0 unspecified atom stereocenters. The normalized spacial score (nSPS) is 24.7. The van der Waals surface area contributed by atoms with Gasteiger partial charge in [-0.05, 0) is 58.1 Å². The summed E-state index contributed by atoms with van der Waals surface area (Å²) in [5.41, 5.74) is 0.580. The summed E-state index contributed by atoms with van der Waals surface area (Å²) in [4.78, 5) is 1.35. The fraction of sp³-hybridized carbons (Fsp3) is 0.600. The zero-order chi connectivity index (χ0) is 13.7. The van der Waals surface area contributed by atoms with Crippen molar-refractivity contribution in [3.05, 3.63) is 24.3 Å². The van der Waals surface area contributed by atoms with Crippen LogP contribution in [-0.2, 0) is 9.31 Å². The van der Waals surface area contributed by atoms with Gasteiger partial charge in [0.1, 0.15) is 0 Å². The molecule has 1 heterocycles. The Morgan fingerprint density at radius 1 is 1.00 bits per heavy atom. The standard InChI is InChI=1S/C15H21BO2S/c1-14(2)15(3,4)18-16(17-14)11-5-7-12(8-6-11)19-13-9-10-13/h5-8,13H,9-10H2,1-4H3. The molecule has 0 aromatic heterocycles. The Morgan fingerprint density at radius 2 is 1.53 bits per heavy atom. The first-order valence-corrected chi connectivity index (χ1v) is 7.88. The van der Waals surface area contributed by atoms with E-state index in [9.17, 15) is 0 Å². The SMILES string of the molecule is CC1(C)OB(c2ccc(SC3CC3)cc2)OC1(C)C. The van der Waals surface area contributed by atoms with Crippen LogP contribution in [0.3, 0.4) is 0 Å². The number of benzene rings is 1. The van der Waals surface area contributed by atoms with Crippen molar-refractivity contribution in [1.29, 1.82) is 0 Å². The van der Waals surface area contributed by atoms with Gasteiger partial charge in [0, 0.05) is 10.1 Å². The van der Waals surface area contributed by atoms with Crippen molar-refractivity contribution in [1.82, 2.24) is 0 Å². The Balaban J connectivity index is 1.72. The Labute approximate surface area is 120 Å². The number of rotatable bonds is 3. The molecule has 0 atom stereocenters. The lowest BCUT2D eigenvalue weighted by Crippen LogP contribution is -2.41. The van der Waals surface area contributed by atoms with Gasteiger partial charge in [0.2, 0.25) is 0 Å². The summed E-state index contributed by atoms with van der Waals surface area (Å²) in [5, 5.41) is 0.850. The van der Waals surface area contributed by atoms with E-state index in [4.69, 9.17) is 9.31 Å². The van der Waals surface area contributed by atoms with Crippen molar-refractivity contribution in [2.75, 3.05) is 0 Å². The monoisotopic (exact) mass is 276 g/mol. The predicted octanol–water partition coefficient (Wildman–Crippen LogP) is 3.24. The van der Waals surface area contributed by atoms with Crippen molar-refractivity contribution in [3.63, 3.8) is 0 Å². The van der Waals surface area contributed by atoms with Gasteiger partial charge in [0.15, 0.2) is 0 Å². The number of hydrogen-bond donors (Lipinski definition) is 0. The quantitative estimate of drug-likeness (QED) is 0.790. The molecule has 1 aromatic carbocycles. The Hall–Kier alpha value is -0.445. The Bertz CT molecular complexity index is 450. The summed E-state index contributed by atoms with van der Waals surface area (Å²) in [6.45, 7) is 8.35. The molecule has 3 rings (SSSR count). The summed E-state index contributed by atoms with van der Waals surface area (Å²) in [7, 11) is -0.245. The van der Waals surface area contributed by atoms with Gasteiger partial charge >= 0.3 is 7.12 Å². The van der Waals surface area contributed by atoms with Crippen LogP contribution in [0, 0.1) is 0 Å². The molecule has 0 amide bonds. The van der Waals surface area contributed by atoms with E-state index in [-0.39, 0.29) is 18.3 Å². The van der Waals surface area contributed by atoms with Gasteiger partial charge in [0.25, 0.3) is 0 Å². The van der Waals surface area contributed by atoms with E-state index >= 15 is 0 Å². The van der Waals surface area contributed by atoms with E-state index < -0.39 is 0 Å². The third-order valence-electron chi connectivity index (χ3n) is 4.23. The van der Waals surface area contributed by atoms with Gasteiger partial charge in [-0.15, -0.1) is 11.8 Å². The minimum absolute atomic E-state index is 0.245. The first-order valence-electron chi connectivity index (χ1n) is 7.00. The third kappa shape index (κ3) is 2.71. The highest BCUT2D eigenvalue weighted by Crippen LogP contribution is 2.39. The van der Waals surface area contributed by atoms with Gasteiger partial charge in [-0.2, -0.15) is 0 Å². The van der Waals surface area contributed by atoms with Crippen molar-refractivity contribution in [2.45, 2.75) is 61.9 Å². The zero-order valence-corrected chi connectivity index (χ0v) is 12.9. The van der Waals surface area contributed by atoms with Crippen LogP contribution in [0.2, 0.25) is 0 Å². The molecule has 1 saturated heterocycles. The van der Waals surface area contributed by atoms with E-state index in [1.165, 1.54) is 17.7 Å². The summed E-state index contributed by atoms with van der Waals surface area (Å²) in [5.74, 6) is 0. The summed E-state index contributed by atoms with van der Waals surface area (Å²) in [6.07, 6.45) is 2.73. The third-order valence-corrected chi connectivity index (χ3v) is 5.58. The van der Waals surface area contributed by atoms with E-state index in [1.807, 2.05) is 11.8 Å². The second kappa shape index (κ2) is 4.54. The van der Waals surface area contributed by atoms with Crippen LogP contribution in [-0.4, -0.2) is 23.6 Å². The molecule has 2 aliphatic rings. The Kier molecular flexibility index (Phi) is 3.23. The average molecular weight is 276 g/mol. The second-order valence-corrected chi connectivity index (χ2v) is 7.85. The molecule has 19 heavy (non-hydrogen) atoms. The predicted molar refractivity (Wildman–Crippen MR) is 81.0 cm³/mol. The minimum atomic E-state index is -0.265. The van der Waals surface area contributed by atoms with Crippen LogP contribution in [0.25, 0.3) is 0 Å². The van der Waals surface area contributed by atoms with Gasteiger partial charge in [-0.3, -0.25) is 0 Å². The molecule has 0 N–H and O–H groups in total. The highest BCUT2D eigenvalue weighted by Gasteiger charge is 2.51. The molecule has 0 spiro atoms. The van der Waals surface area contributed by atoms with Gasteiger partial charge in [0.05, 0.1) is 11.2 Å². The molecule has 102 valence electrons. The summed E-state index contributed by atoms with van der Waals surface area (Å²) in [6, 6.07) is 8.63. The van der Waals surface area contributed by atoms with E-state index in [0.717, 1.165) is 10.7 Å². The maximum absolute atomic E-state index is 6.05. The molecular formula is C15H21BO2S. The van der Waals surface area contributed by atoms with Crippen LogP contribution in [0.15, 0.2) is 29.2 Å². The fourth-order valence-electron chi connectivity index (χ4n) is 2.06. The Morgan fingerprint density at radius 3 is 2.00 bits per heavy atom. The lowest BCUT2D eigenvalue weighted by Gasteiger charge is -2.32. The molecule has 1 aliphatic heterocycles. The van der Waals surface area contributed by atoms with E-state index in [0.29, 0.717) is 0 Å². The van der Waals surface area contributed by atoms with Crippen LogP contribution >= 0.6 is 11.8 Å². The molecule has 0 bridgehead atoms. The molecule has 1 aliphatic carbocycles. The molecular weight excluding hydrogens is 255 g/mol.